The van der Waals surface area contributed by atoms with Crippen LogP contribution in [0.2, 0.25) is 0 Å². The lowest BCUT2D eigenvalue weighted by atomic mass is 9.82. The fourth-order valence-corrected chi connectivity index (χ4v) is 4.98. The van der Waals surface area contributed by atoms with E-state index in [1.54, 1.807) is 19.9 Å². The smallest absolute Gasteiger partial charge is 0.416 e. The van der Waals surface area contributed by atoms with Crippen LogP contribution in [0.15, 0.2) is 46.8 Å². The van der Waals surface area contributed by atoms with Gasteiger partial charge in [0.1, 0.15) is 22.7 Å². The number of nitrogens with one attached hydrogen (secondary N) is 1. The first-order chi connectivity index (χ1) is 16.2. The predicted molar refractivity (Wildman–Crippen MR) is 117 cm³/mol. The predicted octanol–water partition coefficient (Wildman–Crippen LogP) is 4.82. The number of thioether (sulfide) groups is 1. The Hall–Kier alpha value is -3.96. The standard InChI is InChI=1S/C23H17F3N6OS/c1-11-7-12(2)30-22(14(11)8-27)34-10-17-19-18(13-5-3-4-6-16(13)23(24,25)26)15(9-28)20(29)33-21(19)32-31-17/h3-7,18H,10,29H2,1-2H3,(H,31,32)/t18-/m1/s1. The summed E-state index contributed by atoms with van der Waals surface area (Å²) in [4.78, 5) is 4.43. The summed E-state index contributed by atoms with van der Waals surface area (Å²) in [5, 5.41) is 26.6. The van der Waals surface area contributed by atoms with Crippen LogP contribution >= 0.6 is 11.8 Å². The number of rotatable bonds is 4. The Kier molecular flexibility index (Phi) is 5.98. The number of pyridine rings is 1. The minimum Gasteiger partial charge on any atom is -0.420 e. The van der Waals surface area contributed by atoms with Gasteiger partial charge in [-0.25, -0.2) is 4.98 Å². The fourth-order valence-electron chi connectivity index (χ4n) is 3.92. The molecule has 4 rings (SSSR count). The molecule has 7 nitrogen and oxygen atoms in total. The van der Waals surface area contributed by atoms with E-state index in [2.05, 4.69) is 21.3 Å². The van der Waals surface area contributed by atoms with Crippen molar-refractivity contribution in [3.8, 4) is 18.0 Å². The molecular formula is C23H17F3N6OS. The van der Waals surface area contributed by atoms with Gasteiger partial charge in [0.2, 0.25) is 11.8 Å². The molecule has 0 spiro atoms. The lowest BCUT2D eigenvalue weighted by Gasteiger charge is -2.26. The molecule has 2 aromatic heterocycles. The highest BCUT2D eigenvalue weighted by molar-refractivity contribution is 7.98. The largest absolute Gasteiger partial charge is 0.420 e. The van der Waals surface area contributed by atoms with E-state index in [1.165, 1.54) is 30.0 Å². The quantitative estimate of drug-likeness (QED) is 0.511. The zero-order chi connectivity index (χ0) is 24.6. The van der Waals surface area contributed by atoms with E-state index >= 15 is 0 Å². The van der Waals surface area contributed by atoms with Crippen LogP contribution in [-0.4, -0.2) is 15.2 Å². The van der Waals surface area contributed by atoms with Crippen molar-refractivity contribution in [1.82, 2.24) is 15.2 Å². The molecule has 3 heterocycles. The van der Waals surface area contributed by atoms with Gasteiger partial charge in [0.15, 0.2) is 0 Å². The Morgan fingerprint density at radius 2 is 1.94 bits per heavy atom. The second-order valence-electron chi connectivity index (χ2n) is 7.59. The van der Waals surface area contributed by atoms with Gasteiger partial charge >= 0.3 is 6.18 Å². The number of nitriles is 2. The fraction of sp³-hybridized carbons (Fsp3) is 0.217. The van der Waals surface area contributed by atoms with Crippen LogP contribution in [0.25, 0.3) is 0 Å². The number of fused-ring (bicyclic) bond motifs is 1. The molecule has 172 valence electrons. The first-order valence-electron chi connectivity index (χ1n) is 9.97. The van der Waals surface area contributed by atoms with E-state index in [4.69, 9.17) is 10.5 Å². The number of hydrogen-bond donors (Lipinski definition) is 2. The molecule has 0 saturated carbocycles. The van der Waals surface area contributed by atoms with Gasteiger partial charge in [-0.3, -0.25) is 5.10 Å². The van der Waals surface area contributed by atoms with E-state index in [0.717, 1.165) is 17.3 Å². The van der Waals surface area contributed by atoms with Gasteiger partial charge < -0.3 is 10.5 Å². The number of halogens is 3. The summed E-state index contributed by atoms with van der Waals surface area (Å²) in [7, 11) is 0. The van der Waals surface area contributed by atoms with Crippen molar-refractivity contribution in [2.75, 3.05) is 0 Å². The lowest BCUT2D eigenvalue weighted by molar-refractivity contribution is -0.138. The molecule has 1 aliphatic rings. The van der Waals surface area contributed by atoms with E-state index in [1.807, 2.05) is 6.07 Å². The van der Waals surface area contributed by atoms with E-state index in [-0.39, 0.29) is 34.2 Å². The molecule has 1 aromatic carbocycles. The Labute approximate surface area is 197 Å². The summed E-state index contributed by atoms with van der Waals surface area (Å²) in [5.74, 6) is -1.24. The molecule has 1 atom stereocenters. The first kappa shape index (κ1) is 23.2. The molecular weight excluding hydrogens is 465 g/mol. The number of H-pyrrole nitrogens is 1. The summed E-state index contributed by atoms with van der Waals surface area (Å²) < 4.78 is 47.0. The number of aromatic nitrogens is 3. The van der Waals surface area contributed by atoms with Gasteiger partial charge in [0, 0.05) is 11.4 Å². The third-order valence-electron chi connectivity index (χ3n) is 5.37. The maximum atomic E-state index is 13.8. The molecule has 11 heteroatoms. The first-order valence-corrected chi connectivity index (χ1v) is 11.0. The third kappa shape index (κ3) is 4.06. The van der Waals surface area contributed by atoms with Crippen LogP contribution in [-0.2, 0) is 11.9 Å². The zero-order valence-corrected chi connectivity index (χ0v) is 18.8. The average molecular weight is 482 g/mol. The summed E-state index contributed by atoms with van der Waals surface area (Å²) in [6.45, 7) is 3.61. The molecule has 3 N–H and O–H groups in total. The van der Waals surface area contributed by atoms with Gasteiger partial charge in [-0.1, -0.05) is 30.0 Å². The van der Waals surface area contributed by atoms with Crippen molar-refractivity contribution in [1.29, 1.82) is 10.5 Å². The Balaban J connectivity index is 1.82. The van der Waals surface area contributed by atoms with E-state index in [9.17, 15) is 23.7 Å². The number of aromatic amines is 1. The van der Waals surface area contributed by atoms with Crippen LogP contribution in [0.1, 0.15) is 45.1 Å². The van der Waals surface area contributed by atoms with Gasteiger partial charge in [-0.05, 0) is 37.1 Å². The highest BCUT2D eigenvalue weighted by atomic mass is 32.2. The van der Waals surface area contributed by atoms with Crippen LogP contribution in [0.4, 0.5) is 13.2 Å². The Morgan fingerprint density at radius 1 is 1.21 bits per heavy atom. The van der Waals surface area contributed by atoms with Crippen molar-refractivity contribution in [3.05, 3.63) is 81.0 Å². The summed E-state index contributed by atoms with van der Waals surface area (Å²) in [5.41, 5.74) is 7.38. The number of allylic oxidation sites excluding steroid dienone is 1. The lowest BCUT2D eigenvalue weighted by Crippen LogP contribution is -2.23. The van der Waals surface area contributed by atoms with Crippen LogP contribution < -0.4 is 10.5 Å². The topological polar surface area (TPSA) is 124 Å². The second-order valence-corrected chi connectivity index (χ2v) is 8.56. The molecule has 0 aliphatic carbocycles. The van der Waals surface area contributed by atoms with Crippen molar-refractivity contribution < 1.29 is 17.9 Å². The van der Waals surface area contributed by atoms with E-state index in [0.29, 0.717) is 16.3 Å². The number of nitrogens with zero attached hydrogens (tertiary/aromatic N) is 4. The SMILES string of the molecule is Cc1cc(C)c(C#N)c(SCc2[nH]nc3c2[C@H](c2ccccc2C(F)(F)F)C(C#N)=C(N)O3)n1. The number of hydrogen-bond acceptors (Lipinski definition) is 7. The highest BCUT2D eigenvalue weighted by Gasteiger charge is 2.41. The van der Waals surface area contributed by atoms with Gasteiger partial charge in [-0.15, -0.1) is 5.10 Å². The molecule has 0 fully saturated rings. The van der Waals surface area contributed by atoms with Crippen molar-refractivity contribution in [3.63, 3.8) is 0 Å². The second kappa shape index (κ2) is 8.76. The van der Waals surface area contributed by atoms with Crippen LogP contribution in [0, 0.1) is 36.5 Å². The van der Waals surface area contributed by atoms with Crippen molar-refractivity contribution in [2.24, 2.45) is 5.73 Å². The molecule has 0 bridgehead atoms. The number of ether oxygens (including phenoxy) is 1. The van der Waals surface area contributed by atoms with Crippen LogP contribution in [0.5, 0.6) is 5.88 Å². The molecule has 1 aliphatic heterocycles. The average Bonchev–Trinajstić information content (AvgIpc) is 3.18. The number of alkyl halides is 3. The van der Waals surface area contributed by atoms with Crippen molar-refractivity contribution >= 4 is 11.8 Å². The van der Waals surface area contributed by atoms with Gasteiger partial charge in [0.25, 0.3) is 0 Å². The minimum absolute atomic E-state index is 0.00275. The minimum atomic E-state index is -4.65. The Bertz CT molecular complexity index is 1400. The van der Waals surface area contributed by atoms with Crippen molar-refractivity contribution in [2.45, 2.75) is 36.7 Å². The summed E-state index contributed by atoms with van der Waals surface area (Å²) in [6, 6.07) is 10.9. The summed E-state index contributed by atoms with van der Waals surface area (Å²) >= 11 is 1.23. The third-order valence-corrected chi connectivity index (χ3v) is 6.37. The maximum Gasteiger partial charge on any atom is 0.416 e. The molecule has 0 radical (unpaired) electrons. The van der Waals surface area contributed by atoms with Gasteiger partial charge in [0.05, 0.1) is 28.3 Å². The summed E-state index contributed by atoms with van der Waals surface area (Å²) in [6.07, 6.45) is -4.65. The molecule has 3 aromatic rings. The molecule has 0 amide bonds. The normalized spacial score (nSPS) is 15.3. The number of nitrogens with two attached hydrogens (primary N) is 1. The van der Waals surface area contributed by atoms with Gasteiger partial charge in [-0.2, -0.15) is 23.7 Å². The zero-order valence-electron chi connectivity index (χ0n) is 18.0. The number of benzene rings is 1. The van der Waals surface area contributed by atoms with Crippen LogP contribution in [0.3, 0.4) is 0 Å². The number of aryl methyl sites for hydroxylation is 2. The monoisotopic (exact) mass is 482 g/mol. The maximum absolute atomic E-state index is 13.8. The van der Waals surface area contributed by atoms with E-state index < -0.39 is 17.7 Å². The molecule has 34 heavy (non-hydrogen) atoms. The highest BCUT2D eigenvalue weighted by Crippen LogP contribution is 2.47. The molecule has 0 saturated heterocycles. The molecule has 0 unspecified atom stereocenters. The Morgan fingerprint density at radius 3 is 2.62 bits per heavy atom.